The Labute approximate surface area is 255 Å². The van der Waals surface area contributed by atoms with Crippen LogP contribution in [0, 0.1) is 11.3 Å². The van der Waals surface area contributed by atoms with E-state index in [-0.39, 0.29) is 42.5 Å². The summed E-state index contributed by atoms with van der Waals surface area (Å²) in [5, 5.41) is 14.2. The van der Waals surface area contributed by atoms with Crippen LogP contribution in [0.3, 0.4) is 0 Å². The van der Waals surface area contributed by atoms with E-state index in [4.69, 9.17) is 4.98 Å². The number of pyridine rings is 2. The number of nitrogens with one attached hydrogen (secondary N) is 2. The predicted octanol–water partition coefficient (Wildman–Crippen LogP) is 4.48. The zero-order valence-corrected chi connectivity index (χ0v) is 26.2. The number of aliphatic hydroxyl groups excluding tert-OH is 1. The minimum Gasteiger partial charge on any atom is -0.373 e. The summed E-state index contributed by atoms with van der Waals surface area (Å²) in [4.78, 5) is 27.2. The lowest BCUT2D eigenvalue weighted by Gasteiger charge is -2.35. The lowest BCUT2D eigenvalue weighted by molar-refractivity contribution is -0.214. The van der Waals surface area contributed by atoms with E-state index in [9.17, 15) is 31.5 Å². The molecule has 5 rings (SSSR count). The van der Waals surface area contributed by atoms with E-state index in [1.54, 1.807) is 18.2 Å². The van der Waals surface area contributed by atoms with Crippen molar-refractivity contribution in [3.05, 3.63) is 35.9 Å². The molecule has 0 aliphatic carbocycles. The van der Waals surface area contributed by atoms with Gasteiger partial charge < -0.3 is 20.2 Å². The fraction of sp³-hybridized carbons (Fsp3) is 0.621. The quantitative estimate of drug-likeness (QED) is 0.447. The lowest BCUT2D eigenvalue weighted by Crippen LogP contribution is -2.41. The second kappa shape index (κ2) is 11.6. The number of fused-ring (bicyclic) bond motifs is 6. The molecule has 0 aromatic carbocycles. The van der Waals surface area contributed by atoms with Crippen molar-refractivity contribution in [3.8, 4) is 0 Å². The van der Waals surface area contributed by atoms with E-state index in [0.29, 0.717) is 30.6 Å². The van der Waals surface area contributed by atoms with Gasteiger partial charge in [-0.15, -0.1) is 0 Å². The normalized spacial score (nSPS) is 24.0. The Hall–Kier alpha value is -3.17. The minimum absolute atomic E-state index is 0.0573. The summed E-state index contributed by atoms with van der Waals surface area (Å²) in [6.45, 7) is 7.99. The van der Waals surface area contributed by atoms with Crippen molar-refractivity contribution < 1.29 is 31.5 Å². The number of aromatic nitrogens is 2. The number of carbonyl (C=O) groups excluding carboxylic acids is 1. The molecule has 11 nitrogen and oxygen atoms in total. The Morgan fingerprint density at radius 1 is 1.11 bits per heavy atom. The first kappa shape index (κ1) is 32.2. The van der Waals surface area contributed by atoms with Gasteiger partial charge in [0.05, 0.1) is 5.41 Å². The van der Waals surface area contributed by atoms with E-state index in [0.717, 1.165) is 33.1 Å². The molecule has 3 aliphatic heterocycles. The molecule has 15 heteroatoms. The molecule has 2 aromatic heterocycles. The second-order valence-electron chi connectivity index (χ2n) is 13.1. The third kappa shape index (κ3) is 6.45. The third-order valence-electron chi connectivity index (χ3n) is 8.91. The molecule has 2 fully saturated rings. The number of carbonyl (C=O) groups is 1. The molecule has 5 heterocycles. The summed E-state index contributed by atoms with van der Waals surface area (Å²) in [5.41, 5.74) is -2.13. The molecule has 3 N–H and O–H groups in total. The average molecular weight is 640 g/mol. The van der Waals surface area contributed by atoms with Gasteiger partial charge in [-0.2, -0.15) is 17.9 Å². The van der Waals surface area contributed by atoms with Crippen LogP contribution in [0.25, 0.3) is 0 Å². The summed E-state index contributed by atoms with van der Waals surface area (Å²) in [6, 6.07) is 7.22. The highest BCUT2D eigenvalue weighted by Gasteiger charge is 2.47. The summed E-state index contributed by atoms with van der Waals surface area (Å²) in [5.74, 6) is 1.33. The maximum Gasteiger partial charge on any atom is 0.394 e. The highest BCUT2D eigenvalue weighted by Crippen LogP contribution is 2.42. The molecular formula is C29H40F3N7O4S. The van der Waals surface area contributed by atoms with Crippen molar-refractivity contribution in [1.82, 2.24) is 19.6 Å². The first-order valence-electron chi connectivity index (χ1n) is 14.8. The van der Waals surface area contributed by atoms with Crippen molar-refractivity contribution >= 4 is 33.5 Å². The summed E-state index contributed by atoms with van der Waals surface area (Å²) in [7, 11) is -4.23. The number of hydrogen-bond acceptors (Lipinski definition) is 8. The Morgan fingerprint density at radius 3 is 2.59 bits per heavy atom. The number of alkyl halides is 3. The number of anilines is 3. The summed E-state index contributed by atoms with van der Waals surface area (Å²) in [6.07, 6.45) is -3.75. The number of nitrogens with zero attached hydrogens (tertiary/aromatic N) is 5. The summed E-state index contributed by atoms with van der Waals surface area (Å²) >= 11 is 0. The third-order valence-corrected chi connectivity index (χ3v) is 10.2. The van der Waals surface area contributed by atoms with Crippen molar-refractivity contribution in [2.45, 2.75) is 76.3 Å². The number of halogens is 3. The monoisotopic (exact) mass is 639 g/mol. The average Bonchev–Trinajstić information content (AvgIpc) is 3.46. The number of hydrogen-bond donors (Lipinski definition) is 3. The van der Waals surface area contributed by atoms with Crippen molar-refractivity contribution in [2.24, 2.45) is 11.3 Å². The van der Waals surface area contributed by atoms with Gasteiger partial charge in [0, 0.05) is 43.8 Å². The zero-order chi connectivity index (χ0) is 32.1. The van der Waals surface area contributed by atoms with Crippen LogP contribution < -0.4 is 19.8 Å². The van der Waals surface area contributed by atoms with Crippen LogP contribution in [0.4, 0.5) is 35.4 Å². The molecule has 242 valence electrons. The molecule has 2 amide bonds. The van der Waals surface area contributed by atoms with E-state index in [1.165, 1.54) is 21.9 Å². The Bertz CT molecular complexity index is 1500. The maximum atomic E-state index is 13.4. The van der Waals surface area contributed by atoms with Gasteiger partial charge in [-0.3, -0.25) is 4.90 Å². The summed E-state index contributed by atoms with van der Waals surface area (Å²) < 4.78 is 69.0. The molecule has 2 saturated heterocycles. The van der Waals surface area contributed by atoms with Crippen LogP contribution in [-0.2, 0) is 10.0 Å². The molecule has 4 bridgehead atoms. The van der Waals surface area contributed by atoms with E-state index < -0.39 is 39.4 Å². The van der Waals surface area contributed by atoms with E-state index >= 15 is 0 Å². The van der Waals surface area contributed by atoms with Gasteiger partial charge >= 0.3 is 12.2 Å². The van der Waals surface area contributed by atoms with E-state index in [1.807, 2.05) is 4.90 Å². The van der Waals surface area contributed by atoms with E-state index in [2.05, 4.69) is 28.9 Å². The fourth-order valence-electron chi connectivity index (χ4n) is 6.08. The topological polar surface area (TPSA) is 131 Å². The molecule has 1 unspecified atom stereocenters. The number of aliphatic hydroxyl groups is 1. The van der Waals surface area contributed by atoms with Gasteiger partial charge in [-0.25, -0.2) is 23.2 Å². The van der Waals surface area contributed by atoms with Crippen molar-refractivity contribution in [2.75, 3.05) is 47.8 Å². The molecule has 0 radical (unpaired) electrons. The largest absolute Gasteiger partial charge is 0.394 e. The molecular weight excluding hydrogens is 599 g/mol. The van der Waals surface area contributed by atoms with Gasteiger partial charge in [0.1, 0.15) is 23.7 Å². The van der Waals surface area contributed by atoms with Crippen LogP contribution in [0.15, 0.2) is 35.4 Å². The number of rotatable bonds is 4. The Morgan fingerprint density at radius 2 is 1.86 bits per heavy atom. The SMILES string of the molecule is CC1(C)C[C@@H]2CCCNc3cccc(n3)S(=O)(=O)NC(O)c3ccc(N4CCN(CCC(C)(C)C(F)(F)F)C4=O)nc3N1C2. The molecule has 0 spiro atoms. The molecule has 0 saturated carbocycles. The lowest BCUT2D eigenvalue weighted by atomic mass is 9.88. The van der Waals surface area contributed by atoms with Crippen LogP contribution >= 0.6 is 0 Å². The number of urea groups is 1. The van der Waals surface area contributed by atoms with Crippen molar-refractivity contribution in [3.63, 3.8) is 0 Å². The highest BCUT2D eigenvalue weighted by molar-refractivity contribution is 7.89. The molecule has 3 aliphatic rings. The minimum atomic E-state index is -4.39. The Kier molecular flexibility index (Phi) is 8.53. The van der Waals surface area contributed by atoms with Crippen LogP contribution in [0.1, 0.15) is 65.2 Å². The smallest absolute Gasteiger partial charge is 0.373 e. The molecule has 44 heavy (non-hydrogen) atoms. The number of sulfonamides is 1. The van der Waals surface area contributed by atoms with Gasteiger partial charge in [0.15, 0.2) is 5.03 Å². The second-order valence-corrected chi connectivity index (χ2v) is 14.7. The Balaban J connectivity index is 1.47. The maximum absolute atomic E-state index is 13.4. The van der Waals surface area contributed by atoms with Crippen LogP contribution in [-0.4, -0.2) is 78.9 Å². The van der Waals surface area contributed by atoms with Gasteiger partial charge in [0.25, 0.3) is 10.0 Å². The van der Waals surface area contributed by atoms with Gasteiger partial charge in [0.2, 0.25) is 0 Å². The van der Waals surface area contributed by atoms with Gasteiger partial charge in [-0.05, 0) is 69.7 Å². The fourth-order valence-corrected chi connectivity index (χ4v) is 7.10. The van der Waals surface area contributed by atoms with Crippen LogP contribution in [0.5, 0.6) is 0 Å². The molecule has 2 aromatic rings. The zero-order valence-electron chi connectivity index (χ0n) is 25.4. The van der Waals surface area contributed by atoms with Crippen LogP contribution in [0.2, 0.25) is 0 Å². The standard InChI is InChI=1S/C29H40F3N7O4S/c1-27(2,29(30,31)32)12-14-37-15-16-38(26(37)41)22-11-10-20-24(35-22)39-18-19(17-28(39,3)4)7-6-13-33-21-8-5-9-23(34-21)44(42,43)36-25(20)40/h5,8-11,19,25,36,40H,6-7,12-18H2,1-4H3,(H,33,34)/t19-,25?/m0/s1. The molecule has 2 atom stereocenters. The predicted molar refractivity (Wildman–Crippen MR) is 160 cm³/mol. The van der Waals surface area contributed by atoms with Gasteiger partial charge in [-0.1, -0.05) is 19.9 Å². The number of amides is 2. The first-order chi connectivity index (χ1) is 20.5. The highest BCUT2D eigenvalue weighted by atomic mass is 32.2. The van der Waals surface area contributed by atoms with Crippen molar-refractivity contribution in [1.29, 1.82) is 0 Å². The first-order valence-corrected chi connectivity index (χ1v) is 16.3.